The zero-order valence-electron chi connectivity index (χ0n) is 13.3. The zero-order valence-corrected chi connectivity index (χ0v) is 13.3. The molecule has 7 heteroatoms. The monoisotopic (exact) mass is 328 g/mol. The van der Waals surface area contributed by atoms with Crippen molar-refractivity contribution < 1.29 is 23.5 Å². The molecular formula is C16H22F2N2O3. The summed E-state index contributed by atoms with van der Waals surface area (Å²) in [5.74, 6) is -4.44. The highest BCUT2D eigenvalue weighted by Gasteiger charge is 2.20. The van der Waals surface area contributed by atoms with Crippen LogP contribution >= 0.6 is 0 Å². The van der Waals surface area contributed by atoms with Gasteiger partial charge in [-0.1, -0.05) is 26.7 Å². The van der Waals surface area contributed by atoms with Gasteiger partial charge in [0.05, 0.1) is 0 Å². The first-order chi connectivity index (χ1) is 10.9. The molecule has 0 spiro atoms. The van der Waals surface area contributed by atoms with Crippen LogP contribution in [0.2, 0.25) is 0 Å². The molecule has 23 heavy (non-hydrogen) atoms. The number of unbranched alkanes of at least 4 members (excludes halogenated alkanes) is 1. The van der Waals surface area contributed by atoms with Crippen molar-refractivity contribution in [1.82, 2.24) is 5.32 Å². The molecule has 1 aromatic rings. The maximum atomic E-state index is 14.0. The van der Waals surface area contributed by atoms with Gasteiger partial charge in [-0.25, -0.2) is 8.78 Å². The Hall–Kier alpha value is -2.18. The zero-order chi connectivity index (χ0) is 17.4. The Morgan fingerprint density at radius 2 is 1.83 bits per heavy atom. The van der Waals surface area contributed by atoms with Gasteiger partial charge < -0.3 is 15.7 Å². The van der Waals surface area contributed by atoms with E-state index in [-0.39, 0.29) is 11.7 Å². The Labute approximate surface area is 134 Å². The fourth-order valence-corrected chi connectivity index (χ4v) is 2.18. The van der Waals surface area contributed by atoms with Crippen LogP contribution in [0.25, 0.3) is 0 Å². The van der Waals surface area contributed by atoms with Gasteiger partial charge in [0.2, 0.25) is 0 Å². The second-order valence-corrected chi connectivity index (χ2v) is 5.28. The molecular weight excluding hydrogens is 306 g/mol. The van der Waals surface area contributed by atoms with Crippen molar-refractivity contribution in [3.8, 4) is 0 Å². The van der Waals surface area contributed by atoms with Crippen LogP contribution < -0.4 is 10.6 Å². The van der Waals surface area contributed by atoms with Crippen molar-refractivity contribution in [2.75, 3.05) is 11.9 Å². The summed E-state index contributed by atoms with van der Waals surface area (Å²) in [5, 5.41) is 13.5. The van der Waals surface area contributed by atoms with Crippen molar-refractivity contribution in [2.24, 2.45) is 0 Å². The van der Waals surface area contributed by atoms with Gasteiger partial charge in [-0.3, -0.25) is 9.59 Å². The summed E-state index contributed by atoms with van der Waals surface area (Å²) in [7, 11) is 0. The van der Waals surface area contributed by atoms with E-state index in [2.05, 4.69) is 12.2 Å². The molecule has 0 aromatic heterocycles. The maximum absolute atomic E-state index is 14.0. The number of aliphatic carboxylic acids is 1. The van der Waals surface area contributed by atoms with Gasteiger partial charge in [0.15, 0.2) is 0 Å². The lowest BCUT2D eigenvalue weighted by Gasteiger charge is -2.18. The van der Waals surface area contributed by atoms with Crippen molar-refractivity contribution >= 4 is 17.6 Å². The number of rotatable bonds is 9. The highest BCUT2D eigenvalue weighted by Crippen LogP contribution is 2.21. The first kappa shape index (κ1) is 18.9. The fraction of sp³-hybridized carbons (Fsp3) is 0.500. The molecule has 0 radical (unpaired) electrons. The highest BCUT2D eigenvalue weighted by atomic mass is 19.1. The topological polar surface area (TPSA) is 78.4 Å². The lowest BCUT2D eigenvalue weighted by atomic mass is 10.1. The second kappa shape index (κ2) is 9.07. The van der Waals surface area contributed by atoms with Gasteiger partial charge in [0, 0.05) is 11.7 Å². The van der Waals surface area contributed by atoms with E-state index in [0.29, 0.717) is 0 Å². The number of carboxylic acids is 1. The first-order valence-corrected chi connectivity index (χ1v) is 7.64. The minimum absolute atomic E-state index is 0.0976. The van der Waals surface area contributed by atoms with E-state index in [0.717, 1.165) is 37.8 Å². The average Bonchev–Trinajstić information content (AvgIpc) is 2.48. The molecule has 1 amide bonds. The van der Waals surface area contributed by atoms with Crippen LogP contribution in [0.1, 0.15) is 49.9 Å². The van der Waals surface area contributed by atoms with Crippen molar-refractivity contribution in [2.45, 2.75) is 45.6 Å². The van der Waals surface area contributed by atoms with Crippen LogP contribution in [0.5, 0.6) is 0 Å². The van der Waals surface area contributed by atoms with Gasteiger partial charge in [0.25, 0.3) is 5.91 Å². The van der Waals surface area contributed by atoms with E-state index in [9.17, 15) is 18.4 Å². The molecule has 1 unspecified atom stereocenters. The summed E-state index contributed by atoms with van der Waals surface area (Å²) in [6, 6.07) is 2.20. The Morgan fingerprint density at radius 1 is 1.22 bits per heavy atom. The second-order valence-electron chi connectivity index (χ2n) is 5.28. The standard InChI is InChI=1S/C16H22F2N2O3/c1-3-5-6-10(4-2)20-11-7-12(17)15(13(18)8-11)16(23)19-9-14(21)22/h7-8,10,20H,3-6,9H2,1-2H3,(H,19,23)(H,21,22). The molecule has 0 heterocycles. The fourth-order valence-electron chi connectivity index (χ4n) is 2.18. The lowest BCUT2D eigenvalue weighted by Crippen LogP contribution is -2.30. The van der Waals surface area contributed by atoms with Gasteiger partial charge in [-0.05, 0) is 25.0 Å². The molecule has 0 aliphatic heterocycles. The molecule has 1 rings (SSSR count). The summed E-state index contributed by atoms with van der Waals surface area (Å²) in [4.78, 5) is 22.0. The summed E-state index contributed by atoms with van der Waals surface area (Å²) < 4.78 is 28.0. The van der Waals surface area contributed by atoms with Gasteiger partial charge in [0.1, 0.15) is 23.7 Å². The number of hydrogen-bond donors (Lipinski definition) is 3. The Morgan fingerprint density at radius 3 is 2.30 bits per heavy atom. The highest BCUT2D eigenvalue weighted by molar-refractivity contribution is 5.96. The number of carboxylic acid groups (broad SMARTS) is 1. The van der Waals surface area contributed by atoms with E-state index in [4.69, 9.17) is 5.11 Å². The van der Waals surface area contributed by atoms with Gasteiger partial charge in [-0.15, -0.1) is 0 Å². The quantitative estimate of drug-likeness (QED) is 0.651. The number of hydrogen-bond acceptors (Lipinski definition) is 3. The van der Waals surface area contributed by atoms with Crippen LogP contribution in [0, 0.1) is 11.6 Å². The Kier molecular flexibility index (Phi) is 7.44. The van der Waals surface area contributed by atoms with E-state index in [1.807, 2.05) is 12.2 Å². The number of halogens is 2. The van der Waals surface area contributed by atoms with Crippen LogP contribution in [-0.2, 0) is 4.79 Å². The van der Waals surface area contributed by atoms with E-state index >= 15 is 0 Å². The van der Waals surface area contributed by atoms with E-state index in [1.165, 1.54) is 0 Å². The van der Waals surface area contributed by atoms with Crippen molar-refractivity contribution in [3.63, 3.8) is 0 Å². The maximum Gasteiger partial charge on any atom is 0.322 e. The molecule has 3 N–H and O–H groups in total. The predicted molar refractivity (Wildman–Crippen MR) is 83.6 cm³/mol. The van der Waals surface area contributed by atoms with E-state index < -0.39 is 35.6 Å². The van der Waals surface area contributed by atoms with Crippen LogP contribution in [-0.4, -0.2) is 29.6 Å². The SMILES string of the molecule is CCCCC(CC)Nc1cc(F)c(C(=O)NCC(=O)O)c(F)c1. The third-order valence-electron chi connectivity index (χ3n) is 3.44. The molecule has 1 atom stereocenters. The number of carbonyl (C=O) groups is 2. The Balaban J connectivity index is 2.87. The molecule has 0 bridgehead atoms. The summed E-state index contributed by atoms with van der Waals surface area (Å²) >= 11 is 0. The molecule has 0 fully saturated rings. The number of benzene rings is 1. The van der Waals surface area contributed by atoms with E-state index in [1.54, 1.807) is 0 Å². The smallest absolute Gasteiger partial charge is 0.322 e. The molecule has 0 saturated heterocycles. The first-order valence-electron chi connectivity index (χ1n) is 7.64. The van der Waals surface area contributed by atoms with Gasteiger partial charge >= 0.3 is 5.97 Å². The molecule has 1 aromatic carbocycles. The number of nitrogens with one attached hydrogen (secondary N) is 2. The summed E-state index contributed by atoms with van der Waals surface area (Å²) in [5.41, 5.74) is -0.517. The molecule has 0 aliphatic rings. The number of anilines is 1. The largest absolute Gasteiger partial charge is 0.480 e. The molecule has 5 nitrogen and oxygen atoms in total. The average molecular weight is 328 g/mol. The number of amides is 1. The third kappa shape index (κ3) is 5.84. The van der Waals surface area contributed by atoms with Crippen LogP contribution in [0.15, 0.2) is 12.1 Å². The third-order valence-corrected chi connectivity index (χ3v) is 3.44. The summed E-state index contributed by atoms with van der Waals surface area (Å²) in [6.45, 7) is 3.34. The number of carbonyl (C=O) groups excluding carboxylic acids is 1. The minimum Gasteiger partial charge on any atom is -0.480 e. The molecule has 0 aliphatic carbocycles. The minimum atomic E-state index is -1.29. The lowest BCUT2D eigenvalue weighted by molar-refractivity contribution is -0.135. The van der Waals surface area contributed by atoms with Crippen LogP contribution in [0.3, 0.4) is 0 Å². The molecule has 0 saturated carbocycles. The van der Waals surface area contributed by atoms with Crippen LogP contribution in [0.4, 0.5) is 14.5 Å². The Bertz CT molecular complexity index is 541. The predicted octanol–water partition coefficient (Wildman–Crippen LogP) is 3.16. The van der Waals surface area contributed by atoms with Crippen molar-refractivity contribution in [3.05, 3.63) is 29.3 Å². The van der Waals surface area contributed by atoms with Crippen molar-refractivity contribution in [1.29, 1.82) is 0 Å². The molecule has 128 valence electrons. The summed E-state index contributed by atoms with van der Waals surface area (Å²) in [6.07, 6.45) is 3.73. The normalized spacial score (nSPS) is 11.8. The van der Waals surface area contributed by atoms with Gasteiger partial charge in [-0.2, -0.15) is 0 Å².